The van der Waals surface area contributed by atoms with E-state index in [-0.39, 0.29) is 17.6 Å². The number of rotatable bonds is 8. The average molecular weight is 364 g/mol. The van der Waals surface area contributed by atoms with Gasteiger partial charge in [-0.3, -0.25) is 0 Å². The lowest BCUT2D eigenvalue weighted by atomic mass is 9.78. The van der Waals surface area contributed by atoms with Gasteiger partial charge in [0.15, 0.2) is 6.79 Å². The molecule has 0 aliphatic rings. The fourth-order valence-corrected chi connectivity index (χ4v) is 2.49. The Kier molecular flexibility index (Phi) is 7.85. The summed E-state index contributed by atoms with van der Waals surface area (Å²) in [5.74, 6) is -0.165. The van der Waals surface area contributed by atoms with E-state index in [2.05, 4.69) is 41.5 Å². The monoisotopic (exact) mass is 364 g/mol. The minimum Gasteiger partial charge on any atom is -0.478 e. The van der Waals surface area contributed by atoms with Gasteiger partial charge in [0, 0.05) is 24.3 Å². The van der Waals surface area contributed by atoms with E-state index >= 15 is 0 Å². The van der Waals surface area contributed by atoms with Gasteiger partial charge in [-0.1, -0.05) is 41.5 Å². The summed E-state index contributed by atoms with van der Waals surface area (Å²) in [6.45, 7) is 13.8. The molecule has 0 saturated carbocycles. The highest BCUT2D eigenvalue weighted by Gasteiger charge is 2.27. The van der Waals surface area contributed by atoms with Crippen molar-refractivity contribution in [3.8, 4) is 5.75 Å². The van der Waals surface area contributed by atoms with Crippen LogP contribution in [0.25, 0.3) is 6.08 Å². The highest BCUT2D eigenvalue weighted by Crippen LogP contribution is 2.41. The smallest absolute Gasteiger partial charge is 0.328 e. The quantitative estimate of drug-likeness (QED) is 0.421. The van der Waals surface area contributed by atoms with E-state index in [1.54, 1.807) is 13.2 Å². The first-order valence-electron chi connectivity index (χ1n) is 8.76. The van der Waals surface area contributed by atoms with Gasteiger partial charge in [-0.25, -0.2) is 4.79 Å². The molecular formula is C21H32O5. The molecule has 0 bridgehead atoms. The minimum atomic E-state index is -0.966. The molecule has 0 radical (unpaired) electrons. The van der Waals surface area contributed by atoms with Crippen molar-refractivity contribution in [3.63, 3.8) is 0 Å². The molecule has 1 rings (SSSR count). The Morgan fingerprint density at radius 1 is 1.04 bits per heavy atom. The van der Waals surface area contributed by atoms with Crippen LogP contribution in [-0.2, 0) is 25.1 Å². The Bertz CT molecular complexity index is 598. The second kappa shape index (κ2) is 9.19. The summed E-state index contributed by atoms with van der Waals surface area (Å²) in [6, 6.07) is 3.97. The number of aliphatic carboxylic acids is 1. The van der Waals surface area contributed by atoms with Gasteiger partial charge in [0.2, 0.25) is 0 Å². The standard InChI is InChI=1S/C21H32O5/c1-20(2,3)16-12-15(8-9-18(22)23)13-17(21(4,5)6)19(16)26-14-25-11-10-24-7/h8-9,12-13H,10-11,14H2,1-7H3,(H,22,23)/b9-8+. The number of hydrogen-bond donors (Lipinski definition) is 1. The molecule has 1 aromatic rings. The van der Waals surface area contributed by atoms with Crippen molar-refractivity contribution in [2.75, 3.05) is 27.1 Å². The number of carboxylic acids is 1. The molecule has 0 spiro atoms. The van der Waals surface area contributed by atoms with Crippen LogP contribution in [0.2, 0.25) is 0 Å². The van der Waals surface area contributed by atoms with Crippen LogP contribution in [0.5, 0.6) is 5.75 Å². The van der Waals surface area contributed by atoms with E-state index in [4.69, 9.17) is 19.3 Å². The first-order chi connectivity index (χ1) is 12.0. The maximum absolute atomic E-state index is 10.9. The van der Waals surface area contributed by atoms with Crippen LogP contribution in [0.15, 0.2) is 18.2 Å². The van der Waals surface area contributed by atoms with Gasteiger partial charge in [-0.15, -0.1) is 0 Å². The Balaban J connectivity index is 3.35. The summed E-state index contributed by atoms with van der Waals surface area (Å²) in [6.07, 6.45) is 2.77. The third kappa shape index (κ3) is 6.81. The van der Waals surface area contributed by atoms with E-state index < -0.39 is 5.97 Å². The van der Waals surface area contributed by atoms with Crippen LogP contribution >= 0.6 is 0 Å². The van der Waals surface area contributed by atoms with Gasteiger partial charge in [0.1, 0.15) is 5.75 Å². The summed E-state index contributed by atoms with van der Waals surface area (Å²) in [4.78, 5) is 10.9. The van der Waals surface area contributed by atoms with Gasteiger partial charge >= 0.3 is 5.97 Å². The zero-order valence-electron chi connectivity index (χ0n) is 17.0. The first-order valence-corrected chi connectivity index (χ1v) is 8.76. The second-order valence-electron chi connectivity index (χ2n) is 8.28. The van der Waals surface area contributed by atoms with E-state index in [9.17, 15) is 4.79 Å². The summed E-state index contributed by atoms with van der Waals surface area (Å²) in [5, 5.41) is 8.94. The van der Waals surface area contributed by atoms with Crippen LogP contribution in [0, 0.1) is 0 Å². The van der Waals surface area contributed by atoms with E-state index in [0.717, 1.165) is 28.5 Å². The topological polar surface area (TPSA) is 65.0 Å². The zero-order valence-corrected chi connectivity index (χ0v) is 17.0. The second-order valence-corrected chi connectivity index (χ2v) is 8.28. The Labute approximate surface area is 157 Å². The summed E-state index contributed by atoms with van der Waals surface area (Å²) in [7, 11) is 1.63. The summed E-state index contributed by atoms with van der Waals surface area (Å²) >= 11 is 0. The van der Waals surface area contributed by atoms with Crippen molar-refractivity contribution in [2.45, 2.75) is 52.4 Å². The molecule has 5 heteroatoms. The van der Waals surface area contributed by atoms with Gasteiger partial charge in [0.25, 0.3) is 0 Å². The lowest BCUT2D eigenvalue weighted by Crippen LogP contribution is -2.21. The van der Waals surface area contributed by atoms with Gasteiger partial charge in [-0.2, -0.15) is 0 Å². The Morgan fingerprint density at radius 3 is 2.00 bits per heavy atom. The first kappa shape index (κ1) is 22.2. The number of ether oxygens (including phenoxy) is 3. The molecule has 146 valence electrons. The van der Waals surface area contributed by atoms with Gasteiger partial charge in [-0.05, 0) is 34.6 Å². The zero-order chi connectivity index (χ0) is 20.0. The van der Waals surface area contributed by atoms with Crippen molar-refractivity contribution in [1.29, 1.82) is 0 Å². The molecule has 5 nitrogen and oxygen atoms in total. The average Bonchev–Trinajstić information content (AvgIpc) is 2.50. The Morgan fingerprint density at radius 2 is 1.58 bits per heavy atom. The molecular weight excluding hydrogens is 332 g/mol. The van der Waals surface area contributed by atoms with E-state index in [1.807, 2.05) is 12.1 Å². The summed E-state index contributed by atoms with van der Waals surface area (Å²) in [5.41, 5.74) is 2.54. The number of hydrogen-bond acceptors (Lipinski definition) is 4. The third-order valence-electron chi connectivity index (χ3n) is 3.86. The number of benzene rings is 1. The fourth-order valence-electron chi connectivity index (χ4n) is 2.49. The predicted octanol–water partition coefficient (Wildman–Crippen LogP) is 4.38. The third-order valence-corrected chi connectivity index (χ3v) is 3.86. The van der Waals surface area contributed by atoms with E-state index in [0.29, 0.717) is 13.2 Å². The molecule has 0 unspecified atom stereocenters. The minimum absolute atomic E-state index is 0.139. The van der Waals surface area contributed by atoms with Crippen molar-refractivity contribution in [3.05, 3.63) is 34.9 Å². The summed E-state index contributed by atoms with van der Waals surface area (Å²) < 4.78 is 16.5. The molecule has 0 fully saturated rings. The van der Waals surface area contributed by atoms with Gasteiger partial charge in [0.05, 0.1) is 13.2 Å². The number of carbonyl (C=O) groups is 1. The van der Waals surface area contributed by atoms with Crippen LogP contribution in [0.1, 0.15) is 58.2 Å². The molecule has 0 amide bonds. The molecule has 26 heavy (non-hydrogen) atoms. The molecule has 0 atom stereocenters. The lowest BCUT2D eigenvalue weighted by Gasteiger charge is -2.30. The molecule has 1 N–H and O–H groups in total. The largest absolute Gasteiger partial charge is 0.478 e. The Hall–Kier alpha value is -1.85. The molecule has 0 aliphatic heterocycles. The van der Waals surface area contributed by atoms with Crippen LogP contribution in [-0.4, -0.2) is 38.2 Å². The van der Waals surface area contributed by atoms with Crippen molar-refractivity contribution in [1.82, 2.24) is 0 Å². The molecule has 0 aromatic heterocycles. The van der Waals surface area contributed by atoms with Crippen molar-refractivity contribution in [2.24, 2.45) is 0 Å². The highest BCUT2D eigenvalue weighted by molar-refractivity contribution is 5.85. The predicted molar refractivity (Wildman–Crippen MR) is 104 cm³/mol. The van der Waals surface area contributed by atoms with Gasteiger partial charge < -0.3 is 19.3 Å². The number of carboxylic acid groups (broad SMARTS) is 1. The highest BCUT2D eigenvalue weighted by atomic mass is 16.7. The maximum Gasteiger partial charge on any atom is 0.328 e. The van der Waals surface area contributed by atoms with Crippen LogP contribution in [0.3, 0.4) is 0 Å². The molecule has 0 aliphatic carbocycles. The van der Waals surface area contributed by atoms with Crippen LogP contribution in [0.4, 0.5) is 0 Å². The van der Waals surface area contributed by atoms with E-state index in [1.165, 1.54) is 0 Å². The maximum atomic E-state index is 10.9. The lowest BCUT2D eigenvalue weighted by molar-refractivity contribution is -0.131. The van der Waals surface area contributed by atoms with Crippen LogP contribution < -0.4 is 4.74 Å². The SMILES string of the molecule is COCCOCOc1c(C(C)(C)C)cc(/C=C/C(=O)O)cc1C(C)(C)C. The van der Waals surface area contributed by atoms with Crippen molar-refractivity contribution >= 4 is 12.0 Å². The van der Waals surface area contributed by atoms with Crippen molar-refractivity contribution < 1.29 is 24.1 Å². The number of methoxy groups -OCH3 is 1. The molecule has 0 heterocycles. The normalized spacial score (nSPS) is 12.6. The molecule has 0 saturated heterocycles. The fraction of sp³-hybridized carbons (Fsp3) is 0.571. The molecule has 1 aromatic carbocycles.